The van der Waals surface area contributed by atoms with Gasteiger partial charge >= 0.3 is 0 Å². The molecule has 2 rings (SSSR count). The standard InChI is InChI=1S/C11H12.C10H10/c1-2-3-5-8-11-9-6-4-7-10-11;1-2-3-7-10-8-5-4-6-9-10/h4,6-7,9-10H,2,8H2,1H3;4-6,8-9H,2H2,1H3. The average molecular weight is 274 g/mol. The van der Waals surface area contributed by atoms with Gasteiger partial charge in [-0.3, -0.25) is 0 Å². The Morgan fingerprint density at radius 1 is 0.667 bits per heavy atom. The van der Waals surface area contributed by atoms with Gasteiger partial charge in [0.05, 0.1) is 0 Å². The molecule has 0 saturated heterocycles. The lowest BCUT2D eigenvalue weighted by Crippen LogP contribution is -1.78. The van der Waals surface area contributed by atoms with E-state index in [-0.39, 0.29) is 0 Å². The second-order valence-corrected chi connectivity index (χ2v) is 4.39. The van der Waals surface area contributed by atoms with E-state index in [0.717, 1.165) is 24.8 Å². The van der Waals surface area contributed by atoms with Crippen molar-refractivity contribution in [3.63, 3.8) is 0 Å². The van der Waals surface area contributed by atoms with Gasteiger partial charge in [0.25, 0.3) is 0 Å². The molecule has 0 aliphatic carbocycles. The first kappa shape index (κ1) is 16.6. The molecule has 0 radical (unpaired) electrons. The minimum absolute atomic E-state index is 0.884. The number of rotatable bonds is 1. The summed E-state index contributed by atoms with van der Waals surface area (Å²) < 4.78 is 0. The summed E-state index contributed by atoms with van der Waals surface area (Å²) in [5.41, 5.74) is 2.40. The van der Waals surface area contributed by atoms with E-state index in [1.807, 2.05) is 48.5 Å². The molecule has 0 bridgehead atoms. The summed E-state index contributed by atoms with van der Waals surface area (Å²) in [6.45, 7) is 4.12. The van der Waals surface area contributed by atoms with Crippen LogP contribution in [-0.2, 0) is 6.42 Å². The molecule has 0 amide bonds. The second kappa shape index (κ2) is 11.4. The van der Waals surface area contributed by atoms with E-state index in [0.29, 0.717) is 0 Å². The van der Waals surface area contributed by atoms with Crippen LogP contribution >= 0.6 is 0 Å². The maximum Gasteiger partial charge on any atom is 0.0340 e. The van der Waals surface area contributed by atoms with Crippen molar-refractivity contribution in [2.45, 2.75) is 33.1 Å². The first-order valence-corrected chi connectivity index (χ1v) is 7.40. The Balaban J connectivity index is 0.000000211. The van der Waals surface area contributed by atoms with Crippen LogP contribution in [0, 0.1) is 23.7 Å². The summed E-state index contributed by atoms with van der Waals surface area (Å²) in [6, 6.07) is 20.3. The third kappa shape index (κ3) is 8.35. The maximum absolute atomic E-state index is 3.10. The Bertz CT molecular complexity index is 601. The number of hydrogen-bond donors (Lipinski definition) is 0. The Kier molecular flexibility index (Phi) is 9.01. The first-order valence-electron chi connectivity index (χ1n) is 7.40. The summed E-state index contributed by atoms with van der Waals surface area (Å²) in [4.78, 5) is 0. The van der Waals surface area contributed by atoms with E-state index in [1.54, 1.807) is 0 Å². The average Bonchev–Trinajstić information content (AvgIpc) is 2.56. The Morgan fingerprint density at radius 3 is 1.81 bits per heavy atom. The topological polar surface area (TPSA) is 0 Å². The fraction of sp³-hybridized carbons (Fsp3) is 0.238. The van der Waals surface area contributed by atoms with Crippen LogP contribution < -0.4 is 0 Å². The highest BCUT2D eigenvalue weighted by molar-refractivity contribution is 5.33. The minimum atomic E-state index is 0.884. The molecule has 21 heavy (non-hydrogen) atoms. The van der Waals surface area contributed by atoms with Gasteiger partial charge in [-0.2, -0.15) is 0 Å². The molecule has 0 unspecified atom stereocenters. The fourth-order valence-electron chi connectivity index (χ4n) is 1.60. The lowest BCUT2D eigenvalue weighted by atomic mass is 10.2. The van der Waals surface area contributed by atoms with E-state index in [2.05, 4.69) is 49.7 Å². The molecule has 2 aromatic carbocycles. The van der Waals surface area contributed by atoms with Crippen LogP contribution in [0.5, 0.6) is 0 Å². The van der Waals surface area contributed by atoms with Gasteiger partial charge in [0.15, 0.2) is 0 Å². The largest absolute Gasteiger partial charge is 0.103 e. The normalized spacial score (nSPS) is 8.29. The molecule has 2 aromatic rings. The quantitative estimate of drug-likeness (QED) is 0.635. The van der Waals surface area contributed by atoms with Gasteiger partial charge in [0.2, 0.25) is 0 Å². The van der Waals surface area contributed by atoms with Crippen LogP contribution in [0.4, 0.5) is 0 Å². The molecule has 0 aliphatic heterocycles. The number of benzene rings is 2. The van der Waals surface area contributed by atoms with Crippen molar-refractivity contribution in [2.75, 3.05) is 0 Å². The van der Waals surface area contributed by atoms with Crippen molar-refractivity contribution < 1.29 is 0 Å². The third-order valence-corrected chi connectivity index (χ3v) is 2.62. The van der Waals surface area contributed by atoms with Gasteiger partial charge in [-0.25, -0.2) is 0 Å². The lowest BCUT2D eigenvalue weighted by molar-refractivity contribution is 1.25. The second-order valence-electron chi connectivity index (χ2n) is 4.39. The molecule has 0 heteroatoms. The molecule has 0 spiro atoms. The number of hydrogen-bond acceptors (Lipinski definition) is 0. The summed E-state index contributed by atoms with van der Waals surface area (Å²) in [7, 11) is 0. The van der Waals surface area contributed by atoms with Gasteiger partial charge in [-0.15, -0.1) is 5.92 Å². The smallest absolute Gasteiger partial charge is 0.0340 e. The van der Waals surface area contributed by atoms with Crippen molar-refractivity contribution in [2.24, 2.45) is 0 Å². The Hall–Kier alpha value is -2.44. The Morgan fingerprint density at radius 2 is 1.24 bits per heavy atom. The monoisotopic (exact) mass is 274 g/mol. The van der Waals surface area contributed by atoms with Crippen LogP contribution in [0.25, 0.3) is 0 Å². The zero-order chi connectivity index (χ0) is 15.2. The molecule has 0 nitrogen and oxygen atoms in total. The first-order chi connectivity index (χ1) is 10.4. The van der Waals surface area contributed by atoms with Crippen LogP contribution in [0.15, 0.2) is 60.7 Å². The molecular weight excluding hydrogens is 252 g/mol. The van der Waals surface area contributed by atoms with Crippen LogP contribution in [-0.4, -0.2) is 0 Å². The highest BCUT2D eigenvalue weighted by Crippen LogP contribution is 1.97. The summed E-state index contributed by atoms with van der Waals surface area (Å²) in [5, 5.41) is 0. The van der Waals surface area contributed by atoms with Gasteiger partial charge in [-0.05, 0) is 17.7 Å². The molecule has 0 aromatic heterocycles. The van der Waals surface area contributed by atoms with Gasteiger partial charge < -0.3 is 0 Å². The van der Waals surface area contributed by atoms with E-state index in [9.17, 15) is 0 Å². The van der Waals surface area contributed by atoms with E-state index in [4.69, 9.17) is 0 Å². The van der Waals surface area contributed by atoms with Crippen molar-refractivity contribution in [1.82, 2.24) is 0 Å². The van der Waals surface area contributed by atoms with Crippen LogP contribution in [0.3, 0.4) is 0 Å². The molecule has 0 saturated carbocycles. The van der Waals surface area contributed by atoms with Crippen molar-refractivity contribution in [3.05, 3.63) is 71.8 Å². The fourth-order valence-corrected chi connectivity index (χ4v) is 1.60. The molecule has 106 valence electrons. The molecular formula is C21H22. The molecule has 0 fully saturated rings. The van der Waals surface area contributed by atoms with E-state index in [1.165, 1.54) is 5.56 Å². The molecule has 0 aliphatic rings. The van der Waals surface area contributed by atoms with E-state index < -0.39 is 0 Å². The highest BCUT2D eigenvalue weighted by atomic mass is 13.9. The van der Waals surface area contributed by atoms with Crippen molar-refractivity contribution in [3.8, 4) is 23.7 Å². The molecule has 0 N–H and O–H groups in total. The van der Waals surface area contributed by atoms with Crippen LogP contribution in [0.1, 0.15) is 37.8 Å². The summed E-state index contributed by atoms with van der Waals surface area (Å²) in [5.74, 6) is 12.2. The molecule has 0 heterocycles. The zero-order valence-corrected chi connectivity index (χ0v) is 12.9. The molecule has 0 atom stereocenters. The van der Waals surface area contributed by atoms with Crippen molar-refractivity contribution in [1.29, 1.82) is 0 Å². The predicted octanol–water partition coefficient (Wildman–Crippen LogP) is 5.09. The highest BCUT2D eigenvalue weighted by Gasteiger charge is 1.83. The van der Waals surface area contributed by atoms with Crippen molar-refractivity contribution >= 4 is 0 Å². The summed E-state index contributed by atoms with van der Waals surface area (Å²) in [6.07, 6.45) is 2.76. The lowest BCUT2D eigenvalue weighted by Gasteiger charge is -1.90. The Labute approximate surface area is 129 Å². The predicted molar refractivity (Wildman–Crippen MR) is 91.8 cm³/mol. The zero-order valence-electron chi connectivity index (χ0n) is 12.9. The third-order valence-electron chi connectivity index (χ3n) is 2.62. The van der Waals surface area contributed by atoms with Crippen LogP contribution in [0.2, 0.25) is 0 Å². The maximum atomic E-state index is 3.10. The van der Waals surface area contributed by atoms with Gasteiger partial charge in [0, 0.05) is 24.8 Å². The van der Waals surface area contributed by atoms with Gasteiger partial charge in [0.1, 0.15) is 0 Å². The SMILES string of the molecule is CCC#CCc1ccccc1.CCC#Cc1ccccc1. The minimum Gasteiger partial charge on any atom is -0.103 e. The van der Waals surface area contributed by atoms with Gasteiger partial charge in [-0.1, -0.05) is 80.1 Å². The summed E-state index contributed by atoms with van der Waals surface area (Å²) >= 11 is 0. The van der Waals surface area contributed by atoms with E-state index >= 15 is 0 Å².